The smallest absolute Gasteiger partial charge is 0.360 e. The van der Waals surface area contributed by atoms with Crippen LogP contribution < -0.4 is 16.0 Å². The van der Waals surface area contributed by atoms with Crippen LogP contribution in [0.25, 0.3) is 33.4 Å². The fraction of sp³-hybridized carbons (Fsp3) is 0.347. The minimum Gasteiger partial charge on any atom is -0.360 e. The first kappa shape index (κ1) is 90.2. The van der Waals surface area contributed by atoms with Crippen LogP contribution in [0.4, 0.5) is 47.8 Å². The number of hydrogen-bond donors (Lipinski definition) is 3. The van der Waals surface area contributed by atoms with Gasteiger partial charge in [-0.25, -0.2) is 17.6 Å². The number of hydrogen-bond acceptors (Lipinski definition) is 12. The van der Waals surface area contributed by atoms with Crippen LogP contribution in [0.3, 0.4) is 0 Å². The molecule has 0 radical (unpaired) electrons. The molecule has 16 rings (SSSR count). The number of ether oxygens (including phenoxy) is 1. The minimum absolute atomic E-state index is 0.0908. The van der Waals surface area contributed by atoms with Crippen LogP contribution in [0, 0.1) is 63.2 Å². The molecule has 0 atom stereocenters. The molecule has 0 unspecified atom stereocenters. The highest BCUT2D eigenvalue weighted by Crippen LogP contribution is 2.47. The standard InChI is InChI=1S/C35H38F2N4O.C34H28Cl2F3N3O2.C32H34F2N4O/c36-30-19-31(37)21-32(20-30)39-34(42)24-41(23-25-8-9-25)35(14-16-40(17-15-35)33-6-1-2-7-33)29-12-10-27(11-13-29)28-5-3-4-26(18-28)22-38;35-29-17-30(36)19-31(18-29)41-32(43)22-44-33(27-10-6-25(7-11-27)26-3-1-2-24(16-26)20-40)12-14-42(15-13-33)21-23-4-8-28(9-5-23)34(37,38)39;1-37(22-31(39)36-29-19-27(33)18-28(34)20-29)32(13-15-38(16-14-32)30-7-2-3-8-30)26-11-9-24(10-12-26)25-6-4-5-23(17-25)21-35/h3-5,10-13,18-21,25,33H,1-2,6-9,14-17,23-24H2,(H,39,42);1-11,16-19H,12-15,21-22H2,(H,41,43);4-6,9-12,17-20,30H,2-3,7-8,13-16,22H2,1H3,(H,36,39). The van der Waals surface area contributed by atoms with E-state index in [2.05, 4.69) is 107 Å². The van der Waals surface area contributed by atoms with Crippen LogP contribution in [0.1, 0.15) is 147 Å². The number of likely N-dealkylation sites (N-methyl/N-ethyl adjacent to an activating group) is 1. The molecule has 3 amide bonds. The Hall–Kier alpha value is -11.1. The lowest BCUT2D eigenvalue weighted by Crippen LogP contribution is -2.56. The highest BCUT2D eigenvalue weighted by molar-refractivity contribution is 6.35. The van der Waals surface area contributed by atoms with Crippen molar-refractivity contribution in [1.29, 1.82) is 15.8 Å². The molecule has 10 aromatic carbocycles. The summed E-state index contributed by atoms with van der Waals surface area (Å²) in [6.45, 7) is 6.45. The number of amides is 3. The van der Waals surface area contributed by atoms with Crippen LogP contribution >= 0.6 is 23.2 Å². The molecule has 10 aromatic rings. The van der Waals surface area contributed by atoms with Crippen molar-refractivity contribution in [1.82, 2.24) is 24.5 Å². The molecule has 3 saturated heterocycles. The van der Waals surface area contributed by atoms with E-state index in [-0.39, 0.29) is 59.9 Å². The fourth-order valence-corrected chi connectivity index (χ4v) is 19.3. The SMILES string of the molecule is CN(CC(=O)Nc1cc(F)cc(F)c1)C1(c2ccc(-c3cccc(C#N)c3)cc2)CCN(C2CCCC2)CC1.N#Cc1cccc(-c2ccc(C3(N(CC(=O)Nc4cc(F)cc(F)c4)CC4CC4)CCN(C4CCCC4)CC3)cc2)c1.N#Cc1cccc(-c2ccc(C3(OCC(=O)Nc4cc(Cl)cc(Cl)c4)CCN(Cc4ccc(C(F)(F)F)cc4)CC3)cc2)c1. The fourth-order valence-electron chi connectivity index (χ4n) is 18.8. The normalized spacial score (nSPS) is 17.2. The Morgan fingerprint density at radius 1 is 0.448 bits per heavy atom. The maximum absolute atomic E-state index is 13.8. The van der Waals surface area contributed by atoms with Crippen LogP contribution in [-0.2, 0) is 48.5 Å². The molecular formula is C101H100Cl2F7N11O4. The Bertz CT molecular complexity index is 5490. The van der Waals surface area contributed by atoms with Gasteiger partial charge in [-0.2, -0.15) is 29.0 Å². The number of likely N-dealkylation sites (tertiary alicyclic amines) is 3. The summed E-state index contributed by atoms with van der Waals surface area (Å²) in [5, 5.41) is 36.9. The first-order valence-electron chi connectivity index (χ1n) is 42.9. The van der Waals surface area contributed by atoms with Gasteiger partial charge in [-0.3, -0.25) is 29.1 Å². The zero-order valence-electron chi connectivity index (χ0n) is 69.8. The molecule has 125 heavy (non-hydrogen) atoms. The van der Waals surface area contributed by atoms with Crippen molar-refractivity contribution in [2.24, 2.45) is 5.92 Å². The van der Waals surface area contributed by atoms with Crippen molar-refractivity contribution >= 4 is 58.0 Å². The molecule has 3 saturated carbocycles. The average Bonchev–Trinajstić information content (AvgIpc) is 1.74. The zero-order chi connectivity index (χ0) is 87.8. The maximum atomic E-state index is 13.8. The summed E-state index contributed by atoms with van der Waals surface area (Å²) >= 11 is 12.1. The second-order valence-corrected chi connectivity index (χ2v) is 34.7. The molecule has 6 aliphatic rings. The molecule has 3 aliphatic heterocycles. The number of nitrogens with zero attached hydrogens (tertiary/aromatic N) is 8. The number of rotatable bonds is 24. The highest BCUT2D eigenvalue weighted by atomic mass is 35.5. The van der Waals surface area contributed by atoms with Gasteiger partial charge in [0.1, 0.15) is 29.9 Å². The minimum atomic E-state index is -4.38. The molecule has 6 fully saturated rings. The van der Waals surface area contributed by atoms with Crippen molar-refractivity contribution in [3.05, 3.63) is 302 Å². The number of alkyl halides is 3. The monoisotopic (exact) mass is 1730 g/mol. The summed E-state index contributed by atoms with van der Waals surface area (Å²) in [6, 6.07) is 71.6. The molecule has 646 valence electrons. The van der Waals surface area contributed by atoms with Gasteiger partial charge in [0.2, 0.25) is 17.7 Å². The third kappa shape index (κ3) is 23.4. The van der Waals surface area contributed by atoms with Crippen LogP contribution in [-0.4, -0.2) is 127 Å². The summed E-state index contributed by atoms with van der Waals surface area (Å²) < 4.78 is 100. The number of carbonyl (C=O) groups is 3. The summed E-state index contributed by atoms with van der Waals surface area (Å²) in [7, 11) is 1.96. The van der Waals surface area contributed by atoms with E-state index in [4.69, 9.17) is 27.9 Å². The lowest BCUT2D eigenvalue weighted by Gasteiger charge is -2.50. The lowest BCUT2D eigenvalue weighted by molar-refractivity contribution is -0.137. The zero-order valence-corrected chi connectivity index (χ0v) is 71.3. The van der Waals surface area contributed by atoms with Gasteiger partial charge < -0.3 is 30.5 Å². The Morgan fingerprint density at radius 3 is 1.26 bits per heavy atom. The van der Waals surface area contributed by atoms with E-state index >= 15 is 0 Å². The van der Waals surface area contributed by atoms with Gasteiger partial charge in [0.05, 0.1) is 59.2 Å². The Morgan fingerprint density at radius 2 is 0.840 bits per heavy atom. The second kappa shape index (κ2) is 40.9. The molecular weight excluding hydrogens is 1640 g/mol. The lowest BCUT2D eigenvalue weighted by atomic mass is 9.78. The summed E-state index contributed by atoms with van der Waals surface area (Å²) in [5.41, 5.74) is 10.4. The third-order valence-corrected chi connectivity index (χ3v) is 26.1. The van der Waals surface area contributed by atoms with Gasteiger partial charge in [-0.1, -0.05) is 170 Å². The molecule has 0 spiro atoms. The largest absolute Gasteiger partial charge is 0.416 e. The van der Waals surface area contributed by atoms with Gasteiger partial charge >= 0.3 is 6.18 Å². The maximum Gasteiger partial charge on any atom is 0.416 e. The molecule has 3 aliphatic carbocycles. The number of anilines is 3. The van der Waals surface area contributed by atoms with Crippen LogP contribution in [0.15, 0.2) is 224 Å². The van der Waals surface area contributed by atoms with Crippen molar-refractivity contribution in [2.45, 2.75) is 144 Å². The molecule has 15 nitrogen and oxygen atoms in total. The van der Waals surface area contributed by atoms with E-state index in [0.717, 1.165) is 170 Å². The predicted octanol–water partition coefficient (Wildman–Crippen LogP) is 22.1. The topological polar surface area (TPSA) is 184 Å². The van der Waals surface area contributed by atoms with E-state index in [1.54, 1.807) is 30.3 Å². The number of halogens is 9. The van der Waals surface area contributed by atoms with Crippen molar-refractivity contribution < 1.29 is 49.9 Å². The van der Waals surface area contributed by atoms with E-state index in [1.165, 1.54) is 69.1 Å². The summed E-state index contributed by atoms with van der Waals surface area (Å²) in [6.07, 6.45) is 12.9. The van der Waals surface area contributed by atoms with Gasteiger partial charge in [-0.05, 0) is 237 Å². The van der Waals surface area contributed by atoms with Crippen molar-refractivity contribution in [3.63, 3.8) is 0 Å². The molecule has 0 aromatic heterocycles. The van der Waals surface area contributed by atoms with Crippen molar-refractivity contribution in [2.75, 3.05) is 88.5 Å². The van der Waals surface area contributed by atoms with Crippen LogP contribution in [0.5, 0.6) is 0 Å². The van der Waals surface area contributed by atoms with E-state index in [0.29, 0.717) is 82.9 Å². The molecule has 3 N–H and O–H groups in total. The number of carbonyl (C=O) groups excluding carboxylic acids is 3. The highest BCUT2D eigenvalue weighted by Gasteiger charge is 2.47. The molecule has 24 heteroatoms. The molecule has 3 heterocycles. The van der Waals surface area contributed by atoms with Crippen LogP contribution in [0.2, 0.25) is 10.0 Å². The first-order chi connectivity index (χ1) is 60.3. The Labute approximate surface area is 736 Å². The predicted molar refractivity (Wildman–Crippen MR) is 475 cm³/mol. The summed E-state index contributed by atoms with van der Waals surface area (Å²) in [5.74, 6) is -3.26. The number of nitrogens with one attached hydrogen (secondary N) is 3. The first-order valence-corrected chi connectivity index (χ1v) is 43.6. The molecule has 0 bridgehead atoms. The Kier molecular flexibility index (Phi) is 29.5. The van der Waals surface area contributed by atoms with Gasteiger partial charge in [0, 0.05) is 115 Å². The second-order valence-electron chi connectivity index (χ2n) is 33.9. The number of benzene rings is 10. The third-order valence-electron chi connectivity index (χ3n) is 25.7. The number of piperidine rings is 3. The van der Waals surface area contributed by atoms with E-state index < -0.39 is 40.6 Å². The quantitative estimate of drug-likeness (QED) is 0.0487. The van der Waals surface area contributed by atoms with E-state index in [1.807, 2.05) is 92.0 Å². The van der Waals surface area contributed by atoms with Gasteiger partial charge in [0.25, 0.3) is 0 Å². The average molecular weight is 1740 g/mol. The number of nitriles is 3. The van der Waals surface area contributed by atoms with E-state index in [9.17, 15) is 60.9 Å². The van der Waals surface area contributed by atoms with Gasteiger partial charge in [0.15, 0.2) is 0 Å². The van der Waals surface area contributed by atoms with Gasteiger partial charge in [-0.15, -0.1) is 0 Å². The van der Waals surface area contributed by atoms with Crippen molar-refractivity contribution in [3.8, 4) is 51.6 Å². The summed E-state index contributed by atoms with van der Waals surface area (Å²) in [4.78, 5) is 51.2. The Balaban J connectivity index is 0.000000153.